The van der Waals surface area contributed by atoms with E-state index in [-0.39, 0.29) is 0 Å². The molecule has 3 aromatic carbocycles. The van der Waals surface area contributed by atoms with E-state index in [0.29, 0.717) is 0 Å². The van der Waals surface area contributed by atoms with Crippen molar-refractivity contribution in [2.75, 3.05) is 12.5 Å². The minimum Gasteiger partial charge on any atom is -0.376 e. The van der Waals surface area contributed by atoms with Crippen LogP contribution in [0.2, 0.25) is 0 Å². The Morgan fingerprint density at radius 3 is 1.46 bits per heavy atom. The lowest BCUT2D eigenvalue weighted by Gasteiger charge is -2.34. The number of rotatable bonds is 7. The first-order valence-electron chi connectivity index (χ1n) is 8.64. The molecule has 0 bridgehead atoms. The normalized spacial score (nSPS) is 11.5. The summed E-state index contributed by atoms with van der Waals surface area (Å²) < 4.78 is 0. The van der Waals surface area contributed by atoms with Gasteiger partial charge in [0, 0.05) is 17.1 Å². The van der Waals surface area contributed by atoms with Crippen molar-refractivity contribution in [1.82, 2.24) is 0 Å². The van der Waals surface area contributed by atoms with Crippen LogP contribution in [0.3, 0.4) is 0 Å². The molecule has 0 aliphatic heterocycles. The third kappa shape index (κ3) is 3.71. The van der Waals surface area contributed by atoms with E-state index in [4.69, 9.17) is 0 Å². The molecule has 3 rings (SSSR count). The second-order valence-corrected chi connectivity index (χ2v) is 7.99. The molecule has 0 unspecified atom stereocenters. The van der Waals surface area contributed by atoms with Crippen LogP contribution in [0.15, 0.2) is 78.9 Å². The van der Waals surface area contributed by atoms with Crippen molar-refractivity contribution in [3.63, 3.8) is 0 Å². The highest BCUT2D eigenvalue weighted by Gasteiger charge is 2.37. The Kier molecular flexibility index (Phi) is 6.47. The Balaban J connectivity index is 2.33. The van der Waals surface area contributed by atoms with Crippen LogP contribution >= 0.6 is 23.5 Å². The molecule has 0 atom stereocenters. The van der Waals surface area contributed by atoms with Crippen LogP contribution in [-0.2, 0) is 17.1 Å². The topological polar surface area (TPSA) is 20.2 Å². The zero-order valence-corrected chi connectivity index (χ0v) is 16.8. The largest absolute Gasteiger partial charge is 0.376 e. The molecular formula is C23H24OS2. The van der Waals surface area contributed by atoms with E-state index >= 15 is 0 Å². The summed E-state index contributed by atoms with van der Waals surface area (Å²) in [5, 5.41) is 12.2. The molecule has 0 radical (unpaired) electrons. The fraction of sp³-hybridized carbons (Fsp3) is 0.217. The summed E-state index contributed by atoms with van der Waals surface area (Å²) in [5.74, 6) is 1.75. The zero-order valence-electron chi connectivity index (χ0n) is 15.2. The van der Waals surface area contributed by atoms with Crippen LogP contribution in [0.4, 0.5) is 0 Å². The Bertz CT molecular complexity index is 768. The summed E-state index contributed by atoms with van der Waals surface area (Å²) in [6.07, 6.45) is 4.21. The third-order valence-electron chi connectivity index (χ3n) is 4.58. The molecule has 0 amide bonds. The number of hydrogen-bond donors (Lipinski definition) is 1. The van der Waals surface area contributed by atoms with Crippen molar-refractivity contribution in [2.24, 2.45) is 0 Å². The van der Waals surface area contributed by atoms with Gasteiger partial charge in [0.2, 0.25) is 0 Å². The molecule has 3 aromatic rings. The molecule has 134 valence electrons. The SMILES string of the molecule is CSCc1cccc(CSC)c1C(O)(c1ccccc1)c1ccccc1. The van der Waals surface area contributed by atoms with Gasteiger partial charge in [0.1, 0.15) is 5.60 Å². The van der Waals surface area contributed by atoms with Gasteiger partial charge >= 0.3 is 0 Å². The lowest BCUT2D eigenvalue weighted by molar-refractivity contribution is 0.124. The summed E-state index contributed by atoms with van der Waals surface area (Å²) in [7, 11) is 0. The summed E-state index contributed by atoms with van der Waals surface area (Å²) in [6, 6.07) is 26.4. The van der Waals surface area contributed by atoms with E-state index in [1.165, 1.54) is 11.1 Å². The minimum absolute atomic E-state index is 0.875. The highest BCUT2D eigenvalue weighted by Crippen LogP contribution is 2.41. The zero-order chi connectivity index (χ0) is 18.4. The molecule has 1 N–H and O–H groups in total. The monoisotopic (exact) mass is 380 g/mol. The fourth-order valence-electron chi connectivity index (χ4n) is 3.48. The van der Waals surface area contributed by atoms with Crippen molar-refractivity contribution >= 4 is 23.5 Å². The fourth-order valence-corrected chi connectivity index (χ4v) is 4.59. The molecule has 3 heteroatoms. The first-order chi connectivity index (χ1) is 12.7. The van der Waals surface area contributed by atoms with E-state index in [9.17, 15) is 5.11 Å². The number of benzene rings is 3. The molecule has 0 spiro atoms. The van der Waals surface area contributed by atoms with Gasteiger partial charge in [-0.2, -0.15) is 23.5 Å². The van der Waals surface area contributed by atoms with Crippen LogP contribution in [0.25, 0.3) is 0 Å². The van der Waals surface area contributed by atoms with Crippen molar-refractivity contribution in [1.29, 1.82) is 0 Å². The molecule has 0 aromatic heterocycles. The van der Waals surface area contributed by atoms with E-state index in [0.717, 1.165) is 28.2 Å². The predicted molar refractivity (Wildman–Crippen MR) is 116 cm³/mol. The summed E-state index contributed by atoms with van der Waals surface area (Å²) in [5.41, 5.74) is 4.06. The third-order valence-corrected chi connectivity index (χ3v) is 5.78. The molecule has 1 nitrogen and oxygen atoms in total. The molecular weight excluding hydrogens is 356 g/mol. The maximum absolute atomic E-state index is 12.2. The number of aliphatic hydroxyl groups is 1. The van der Waals surface area contributed by atoms with Gasteiger partial charge in [-0.05, 0) is 34.8 Å². The molecule has 0 aliphatic rings. The highest BCUT2D eigenvalue weighted by atomic mass is 32.2. The first-order valence-corrected chi connectivity index (χ1v) is 11.4. The Morgan fingerprint density at radius 1 is 0.654 bits per heavy atom. The van der Waals surface area contributed by atoms with Gasteiger partial charge in [0.15, 0.2) is 0 Å². The predicted octanol–water partition coefficient (Wildman–Crippen LogP) is 5.70. The van der Waals surface area contributed by atoms with Gasteiger partial charge in [-0.25, -0.2) is 0 Å². The summed E-state index contributed by atoms with van der Waals surface area (Å²) in [6.45, 7) is 0. The lowest BCUT2D eigenvalue weighted by atomic mass is 9.76. The van der Waals surface area contributed by atoms with Crippen LogP contribution < -0.4 is 0 Å². The second kappa shape index (κ2) is 8.81. The quantitative estimate of drug-likeness (QED) is 0.531. The van der Waals surface area contributed by atoms with Gasteiger partial charge in [-0.1, -0.05) is 78.9 Å². The van der Waals surface area contributed by atoms with Gasteiger partial charge in [0.05, 0.1) is 0 Å². The average molecular weight is 381 g/mol. The van der Waals surface area contributed by atoms with Crippen molar-refractivity contribution in [2.45, 2.75) is 17.1 Å². The van der Waals surface area contributed by atoms with E-state index in [1.807, 2.05) is 60.7 Å². The van der Waals surface area contributed by atoms with Gasteiger partial charge in [-0.15, -0.1) is 0 Å². The second-order valence-electron chi connectivity index (χ2n) is 6.26. The van der Waals surface area contributed by atoms with Gasteiger partial charge in [0.25, 0.3) is 0 Å². The molecule has 0 saturated heterocycles. The molecule has 26 heavy (non-hydrogen) atoms. The van der Waals surface area contributed by atoms with Crippen LogP contribution in [-0.4, -0.2) is 17.6 Å². The van der Waals surface area contributed by atoms with E-state index in [1.54, 1.807) is 23.5 Å². The van der Waals surface area contributed by atoms with Crippen molar-refractivity contribution in [3.05, 3.63) is 107 Å². The van der Waals surface area contributed by atoms with Crippen LogP contribution in [0.1, 0.15) is 27.8 Å². The molecule has 0 fully saturated rings. The Morgan fingerprint density at radius 2 is 1.08 bits per heavy atom. The summed E-state index contributed by atoms with van der Waals surface area (Å²) in [4.78, 5) is 0. The average Bonchev–Trinajstić information content (AvgIpc) is 2.69. The van der Waals surface area contributed by atoms with Crippen LogP contribution in [0, 0.1) is 0 Å². The maximum Gasteiger partial charge on any atom is 0.141 e. The Labute approximate surface area is 164 Å². The minimum atomic E-state index is -1.17. The van der Waals surface area contributed by atoms with Crippen molar-refractivity contribution in [3.8, 4) is 0 Å². The lowest BCUT2D eigenvalue weighted by Crippen LogP contribution is -2.31. The Hall–Kier alpha value is -1.68. The number of thioether (sulfide) groups is 2. The van der Waals surface area contributed by atoms with Gasteiger partial charge < -0.3 is 5.11 Å². The van der Waals surface area contributed by atoms with Crippen molar-refractivity contribution < 1.29 is 5.11 Å². The molecule has 0 heterocycles. The van der Waals surface area contributed by atoms with Crippen LogP contribution in [0.5, 0.6) is 0 Å². The molecule has 0 aliphatic carbocycles. The molecule has 0 saturated carbocycles. The van der Waals surface area contributed by atoms with E-state index < -0.39 is 5.60 Å². The maximum atomic E-state index is 12.2. The standard InChI is InChI=1S/C23H24OS2/c1-25-16-18-10-9-11-19(17-26-2)22(18)23(24,20-12-5-3-6-13-20)21-14-7-4-8-15-21/h3-15,24H,16-17H2,1-2H3. The smallest absolute Gasteiger partial charge is 0.141 e. The van der Waals surface area contributed by atoms with Gasteiger partial charge in [-0.3, -0.25) is 0 Å². The first kappa shape index (κ1) is 19.1. The highest BCUT2D eigenvalue weighted by molar-refractivity contribution is 7.98. The number of hydrogen-bond acceptors (Lipinski definition) is 3. The van der Waals surface area contributed by atoms with E-state index in [2.05, 4.69) is 30.7 Å². The summed E-state index contributed by atoms with van der Waals surface area (Å²) >= 11 is 3.57.